The fourth-order valence-corrected chi connectivity index (χ4v) is 8.86. The first-order valence-corrected chi connectivity index (χ1v) is 30.7. The van der Waals surface area contributed by atoms with Crippen molar-refractivity contribution in [2.45, 2.75) is 277 Å². The van der Waals surface area contributed by atoms with Crippen LogP contribution in [0.5, 0.6) is 0 Å². The van der Waals surface area contributed by atoms with Crippen molar-refractivity contribution in [3.8, 4) is 0 Å². The molecule has 0 aromatic carbocycles. The number of phosphoric ester groups is 1. The summed E-state index contributed by atoms with van der Waals surface area (Å²) in [5.41, 5.74) is 0. The first-order chi connectivity index (χ1) is 35.2. The maximum atomic E-state index is 12.9. The highest BCUT2D eigenvalue weighted by Crippen LogP contribution is 2.43. The highest BCUT2D eigenvalue weighted by atomic mass is 31.2. The minimum atomic E-state index is -4.77. The van der Waals surface area contributed by atoms with Crippen molar-refractivity contribution in [3.05, 3.63) is 60.8 Å². The van der Waals surface area contributed by atoms with Crippen LogP contribution >= 0.6 is 7.82 Å². The van der Waals surface area contributed by atoms with Crippen molar-refractivity contribution in [2.75, 3.05) is 26.4 Å². The van der Waals surface area contributed by atoms with Gasteiger partial charge in [0, 0.05) is 12.8 Å². The molecule has 418 valence electrons. The molecule has 0 heterocycles. The van der Waals surface area contributed by atoms with Crippen LogP contribution in [-0.2, 0) is 42.2 Å². The number of rotatable bonds is 54. The number of aliphatic hydroxyl groups is 1. The number of aliphatic hydroxyl groups excluding tert-OH is 1. The summed E-state index contributed by atoms with van der Waals surface area (Å²) in [6.07, 6.45) is 59.2. The molecule has 0 rings (SSSR count). The summed E-state index contributed by atoms with van der Waals surface area (Å²) in [7, 11) is -4.77. The van der Waals surface area contributed by atoms with Gasteiger partial charge in [-0.25, -0.2) is 4.57 Å². The first-order valence-electron chi connectivity index (χ1n) is 29.2. The lowest BCUT2D eigenvalue weighted by Gasteiger charge is -2.21. The molecule has 0 radical (unpaired) electrons. The fourth-order valence-electron chi connectivity index (χ4n) is 8.08. The predicted molar refractivity (Wildman–Crippen MR) is 298 cm³/mol. The predicted octanol–water partition coefficient (Wildman–Crippen LogP) is 17.1. The number of esters is 3. The van der Waals surface area contributed by atoms with E-state index in [9.17, 15) is 28.9 Å². The van der Waals surface area contributed by atoms with Crippen LogP contribution in [0.3, 0.4) is 0 Å². The molecule has 0 aromatic heterocycles. The lowest BCUT2D eigenvalue weighted by molar-refractivity contribution is -0.160. The quantitative estimate of drug-likeness (QED) is 0.0197. The Hall–Kier alpha value is -2.82. The number of carbonyl (C=O) groups is 3. The van der Waals surface area contributed by atoms with Gasteiger partial charge in [-0.3, -0.25) is 23.4 Å². The molecule has 0 saturated carbocycles. The number of hydrogen-bond donors (Lipinski definition) is 2. The van der Waals surface area contributed by atoms with Gasteiger partial charge in [0.1, 0.15) is 12.7 Å². The number of carbonyl (C=O) groups excluding carboxylic acids is 3. The van der Waals surface area contributed by atoms with Crippen molar-refractivity contribution >= 4 is 25.7 Å². The van der Waals surface area contributed by atoms with Crippen LogP contribution in [0.4, 0.5) is 0 Å². The van der Waals surface area contributed by atoms with Crippen molar-refractivity contribution in [1.82, 2.24) is 0 Å². The second-order valence-electron chi connectivity index (χ2n) is 19.5. The Bertz CT molecular complexity index is 1440. The van der Waals surface area contributed by atoms with E-state index in [0.29, 0.717) is 19.3 Å². The third kappa shape index (κ3) is 52.1. The van der Waals surface area contributed by atoms with Gasteiger partial charge in [-0.2, -0.15) is 0 Å². The van der Waals surface area contributed by atoms with E-state index in [0.717, 1.165) is 64.2 Å². The molecule has 0 aliphatic rings. The zero-order valence-electron chi connectivity index (χ0n) is 46.1. The normalized spacial score (nSPS) is 13.8. The van der Waals surface area contributed by atoms with E-state index in [1.165, 1.54) is 141 Å². The molecule has 2 N–H and O–H groups in total. The first kappa shape index (κ1) is 69.2. The van der Waals surface area contributed by atoms with Crippen LogP contribution in [0.2, 0.25) is 0 Å². The molecule has 11 nitrogen and oxygen atoms in total. The van der Waals surface area contributed by atoms with Gasteiger partial charge in [0.15, 0.2) is 6.10 Å². The lowest BCUT2D eigenvalue weighted by atomic mass is 10.0. The highest BCUT2D eigenvalue weighted by molar-refractivity contribution is 7.47. The number of hydrogen-bond acceptors (Lipinski definition) is 10. The Balaban J connectivity index is 4.78. The Morgan fingerprint density at radius 1 is 0.403 bits per heavy atom. The molecule has 3 unspecified atom stereocenters. The van der Waals surface area contributed by atoms with E-state index in [1.54, 1.807) is 6.08 Å². The topological polar surface area (TPSA) is 155 Å². The van der Waals surface area contributed by atoms with E-state index in [-0.39, 0.29) is 25.9 Å². The van der Waals surface area contributed by atoms with E-state index >= 15 is 0 Å². The van der Waals surface area contributed by atoms with Gasteiger partial charge in [0.05, 0.1) is 26.2 Å². The molecule has 3 atom stereocenters. The SMILES string of the molecule is CC/C=C\C/C=C\C/C=C\C/C=C\C/C=C\CC(=O)OC(COC(=O)CCCCCCCCCCCCCCCCC)COP(=O)(O)OCC(CO)OC(=O)CCCCCCCCCCCCCCCCC. The average molecular weight is 1040 g/mol. The largest absolute Gasteiger partial charge is 0.472 e. The third-order valence-corrected chi connectivity index (χ3v) is 13.4. The van der Waals surface area contributed by atoms with E-state index in [4.69, 9.17) is 23.3 Å². The van der Waals surface area contributed by atoms with Crippen molar-refractivity contribution in [3.63, 3.8) is 0 Å². The van der Waals surface area contributed by atoms with Crippen LogP contribution < -0.4 is 0 Å². The van der Waals surface area contributed by atoms with Crippen molar-refractivity contribution in [1.29, 1.82) is 0 Å². The smallest absolute Gasteiger partial charge is 0.462 e. The Morgan fingerprint density at radius 2 is 0.722 bits per heavy atom. The van der Waals surface area contributed by atoms with E-state index in [1.807, 2.05) is 12.2 Å². The van der Waals surface area contributed by atoms with Gasteiger partial charge in [-0.05, 0) is 44.9 Å². The Morgan fingerprint density at radius 3 is 1.10 bits per heavy atom. The summed E-state index contributed by atoms with van der Waals surface area (Å²) in [4.78, 5) is 48.5. The molecule has 0 aromatic rings. The maximum Gasteiger partial charge on any atom is 0.472 e. The monoisotopic (exact) mass is 1030 g/mol. The Labute approximate surface area is 440 Å². The van der Waals surface area contributed by atoms with Gasteiger partial charge in [0.25, 0.3) is 0 Å². The van der Waals surface area contributed by atoms with Crippen molar-refractivity contribution in [2.24, 2.45) is 0 Å². The van der Waals surface area contributed by atoms with Crippen LogP contribution in [0.1, 0.15) is 265 Å². The standard InChI is InChI=1S/C60H107O11P/c1-4-7-10-13-16-19-22-25-28-31-34-37-40-43-46-49-58(62)67-53-57(71-60(64)51-48-45-42-39-36-33-30-27-24-21-18-15-12-9-6-3)55-69-72(65,66)68-54-56(52-61)70-59(63)50-47-44-41-38-35-32-29-26-23-20-17-14-11-8-5-2/h9,12,18,21,27,30,36,39,45,48,56-57,61H,4-8,10-11,13-17,19-20,22-26,28-29,31-35,37-38,40-44,46-47,49-55H2,1-3H3,(H,65,66)/b12-9-,21-18-,30-27-,39-36-,48-45-. The Kier molecular flexibility index (Phi) is 52.3. The number of phosphoric acid groups is 1. The van der Waals surface area contributed by atoms with Crippen molar-refractivity contribution < 1.29 is 52.2 Å². The summed E-state index contributed by atoms with van der Waals surface area (Å²) in [5.74, 6) is -1.60. The summed E-state index contributed by atoms with van der Waals surface area (Å²) in [6.45, 7) is 4.46. The van der Waals surface area contributed by atoms with E-state index in [2.05, 4.69) is 63.3 Å². The summed E-state index contributed by atoms with van der Waals surface area (Å²) in [5, 5.41) is 9.81. The zero-order valence-corrected chi connectivity index (χ0v) is 47.0. The molecule has 0 bridgehead atoms. The summed E-state index contributed by atoms with van der Waals surface area (Å²) in [6, 6.07) is 0. The molecular weight excluding hydrogens is 928 g/mol. The summed E-state index contributed by atoms with van der Waals surface area (Å²) < 4.78 is 39.4. The molecule has 0 fully saturated rings. The molecular formula is C60H107O11P. The molecule has 0 aliphatic heterocycles. The minimum absolute atomic E-state index is 0.0622. The molecule has 72 heavy (non-hydrogen) atoms. The van der Waals surface area contributed by atoms with E-state index < -0.39 is 57.8 Å². The maximum absolute atomic E-state index is 12.9. The van der Waals surface area contributed by atoms with Gasteiger partial charge < -0.3 is 24.2 Å². The summed E-state index contributed by atoms with van der Waals surface area (Å²) >= 11 is 0. The molecule has 0 aliphatic carbocycles. The zero-order chi connectivity index (χ0) is 52.7. The second kappa shape index (κ2) is 54.4. The highest BCUT2D eigenvalue weighted by Gasteiger charge is 2.28. The van der Waals surface area contributed by atoms with Crippen LogP contribution in [-0.4, -0.2) is 66.5 Å². The number of allylic oxidation sites excluding steroid dienone is 9. The second-order valence-corrected chi connectivity index (χ2v) is 20.9. The number of ether oxygens (including phenoxy) is 3. The van der Waals surface area contributed by atoms with Gasteiger partial charge in [-0.15, -0.1) is 0 Å². The van der Waals surface area contributed by atoms with Gasteiger partial charge >= 0.3 is 25.7 Å². The van der Waals surface area contributed by atoms with Crippen LogP contribution in [0.15, 0.2) is 60.8 Å². The average Bonchev–Trinajstić information content (AvgIpc) is 3.37. The van der Waals surface area contributed by atoms with Gasteiger partial charge in [0.2, 0.25) is 0 Å². The van der Waals surface area contributed by atoms with Gasteiger partial charge in [-0.1, -0.05) is 261 Å². The molecule has 0 amide bonds. The lowest BCUT2D eigenvalue weighted by Crippen LogP contribution is -2.30. The van der Waals surface area contributed by atoms with Crippen LogP contribution in [0, 0.1) is 0 Å². The number of unbranched alkanes of at least 4 members (excludes halogenated alkanes) is 28. The molecule has 0 spiro atoms. The fraction of sp³-hybridized carbons (Fsp3) is 0.783. The third-order valence-electron chi connectivity index (χ3n) is 12.5. The molecule has 0 saturated heterocycles. The van der Waals surface area contributed by atoms with Crippen LogP contribution in [0.25, 0.3) is 0 Å². The minimum Gasteiger partial charge on any atom is -0.462 e. The molecule has 12 heteroatoms.